The fraction of sp³-hybridized carbons (Fsp3) is 0.500. The number of hydrogen-bond acceptors (Lipinski definition) is 4. The molecule has 0 fully saturated rings. The number of hydrogen-bond donors (Lipinski definition) is 2. The van der Waals surface area contributed by atoms with Crippen molar-refractivity contribution < 1.29 is 27.8 Å². The van der Waals surface area contributed by atoms with Gasteiger partial charge in [0.15, 0.2) is 0 Å². The topological polar surface area (TPSA) is 58.6 Å². The fourth-order valence-corrected chi connectivity index (χ4v) is 1.68. The number of carbonyl (C=O) groups excluding carboxylic acids is 1. The predicted octanol–water partition coefficient (Wildman–Crippen LogP) is 2.28. The molecule has 0 aromatic heterocycles. The summed E-state index contributed by atoms with van der Waals surface area (Å²) in [5, 5.41) is 12.6. The summed E-state index contributed by atoms with van der Waals surface area (Å²) in [6, 6.07) is 3.81. The second-order valence-electron chi connectivity index (χ2n) is 4.52. The summed E-state index contributed by atoms with van der Waals surface area (Å²) in [6.07, 6.45) is -5.61. The van der Waals surface area contributed by atoms with E-state index in [0.717, 1.165) is 12.1 Å². The normalized spacial score (nSPS) is 14.6. The molecular formula is C14H18F3NO3. The molecule has 0 spiro atoms. The van der Waals surface area contributed by atoms with E-state index in [0.29, 0.717) is 0 Å². The SMILES string of the molecule is CCOC(=O)C(C)NCC(O)c1cccc(C(F)(F)F)c1. The molecule has 0 aliphatic carbocycles. The molecule has 0 aliphatic rings. The first kappa shape index (κ1) is 17.5. The number of benzene rings is 1. The molecule has 0 saturated carbocycles. The van der Waals surface area contributed by atoms with Gasteiger partial charge in [-0.05, 0) is 31.5 Å². The Morgan fingerprint density at radius 1 is 1.43 bits per heavy atom. The van der Waals surface area contributed by atoms with Crippen LogP contribution in [0.2, 0.25) is 0 Å². The lowest BCUT2D eigenvalue weighted by molar-refractivity contribution is -0.145. The Morgan fingerprint density at radius 3 is 2.67 bits per heavy atom. The maximum atomic E-state index is 12.6. The lowest BCUT2D eigenvalue weighted by Gasteiger charge is -2.17. The van der Waals surface area contributed by atoms with Gasteiger partial charge in [0.2, 0.25) is 0 Å². The van der Waals surface area contributed by atoms with Gasteiger partial charge in [-0.2, -0.15) is 13.2 Å². The van der Waals surface area contributed by atoms with Crippen LogP contribution in [0.4, 0.5) is 13.2 Å². The molecule has 1 rings (SSSR count). The van der Waals surface area contributed by atoms with Crippen molar-refractivity contribution >= 4 is 5.97 Å². The van der Waals surface area contributed by atoms with Crippen LogP contribution in [-0.4, -0.2) is 30.3 Å². The number of carbonyl (C=O) groups is 1. The van der Waals surface area contributed by atoms with E-state index < -0.39 is 29.9 Å². The van der Waals surface area contributed by atoms with Crippen molar-refractivity contribution in [3.63, 3.8) is 0 Å². The largest absolute Gasteiger partial charge is 0.465 e. The van der Waals surface area contributed by atoms with E-state index in [4.69, 9.17) is 4.74 Å². The van der Waals surface area contributed by atoms with Crippen LogP contribution in [-0.2, 0) is 15.7 Å². The molecule has 0 radical (unpaired) electrons. The van der Waals surface area contributed by atoms with Crippen molar-refractivity contribution in [3.05, 3.63) is 35.4 Å². The van der Waals surface area contributed by atoms with Gasteiger partial charge in [-0.1, -0.05) is 12.1 Å². The number of ether oxygens (including phenoxy) is 1. The maximum absolute atomic E-state index is 12.6. The molecular weight excluding hydrogens is 287 g/mol. The Labute approximate surface area is 120 Å². The van der Waals surface area contributed by atoms with Crippen molar-refractivity contribution in [1.29, 1.82) is 0 Å². The Kier molecular flexibility index (Phi) is 6.17. The van der Waals surface area contributed by atoms with E-state index >= 15 is 0 Å². The average molecular weight is 305 g/mol. The zero-order valence-electron chi connectivity index (χ0n) is 11.8. The number of aliphatic hydroxyl groups excluding tert-OH is 1. The third kappa shape index (κ3) is 5.35. The van der Waals surface area contributed by atoms with Gasteiger partial charge in [-0.3, -0.25) is 4.79 Å². The Morgan fingerprint density at radius 2 is 2.10 bits per heavy atom. The molecule has 0 heterocycles. The molecule has 21 heavy (non-hydrogen) atoms. The third-order valence-corrected chi connectivity index (χ3v) is 2.86. The molecule has 0 bridgehead atoms. The summed E-state index contributed by atoms with van der Waals surface area (Å²) in [5.74, 6) is -0.478. The standard InChI is InChI=1S/C14H18F3NO3/c1-3-21-13(20)9(2)18-8-12(19)10-5-4-6-11(7-10)14(15,16)17/h4-7,9,12,18-19H,3,8H2,1-2H3. The number of alkyl halides is 3. The average Bonchev–Trinajstić information content (AvgIpc) is 2.43. The van der Waals surface area contributed by atoms with Crippen LogP contribution in [0.15, 0.2) is 24.3 Å². The zero-order valence-corrected chi connectivity index (χ0v) is 11.8. The highest BCUT2D eigenvalue weighted by atomic mass is 19.4. The monoisotopic (exact) mass is 305 g/mol. The minimum Gasteiger partial charge on any atom is -0.465 e. The van der Waals surface area contributed by atoms with Gasteiger partial charge in [-0.25, -0.2) is 0 Å². The van der Waals surface area contributed by atoms with Crippen LogP contribution < -0.4 is 5.32 Å². The van der Waals surface area contributed by atoms with Gasteiger partial charge in [0.05, 0.1) is 18.3 Å². The van der Waals surface area contributed by atoms with Crippen LogP contribution in [0.5, 0.6) is 0 Å². The van der Waals surface area contributed by atoms with E-state index in [2.05, 4.69) is 5.32 Å². The van der Waals surface area contributed by atoms with Crippen LogP contribution in [0, 0.1) is 0 Å². The lowest BCUT2D eigenvalue weighted by Crippen LogP contribution is -2.37. The molecule has 1 aromatic carbocycles. The van der Waals surface area contributed by atoms with Crippen molar-refractivity contribution in [2.45, 2.75) is 32.2 Å². The van der Waals surface area contributed by atoms with Gasteiger partial charge in [-0.15, -0.1) is 0 Å². The van der Waals surface area contributed by atoms with Crippen LogP contribution in [0.25, 0.3) is 0 Å². The molecule has 7 heteroatoms. The molecule has 118 valence electrons. The fourth-order valence-electron chi connectivity index (χ4n) is 1.68. The van der Waals surface area contributed by atoms with Gasteiger partial charge in [0.1, 0.15) is 6.04 Å². The van der Waals surface area contributed by atoms with E-state index in [1.807, 2.05) is 0 Å². The Hall–Kier alpha value is -1.60. The van der Waals surface area contributed by atoms with Crippen molar-refractivity contribution in [2.24, 2.45) is 0 Å². The highest BCUT2D eigenvalue weighted by molar-refractivity contribution is 5.75. The Balaban J connectivity index is 2.64. The summed E-state index contributed by atoms with van der Waals surface area (Å²) in [4.78, 5) is 11.4. The number of nitrogens with one attached hydrogen (secondary N) is 1. The lowest BCUT2D eigenvalue weighted by atomic mass is 10.1. The van der Waals surface area contributed by atoms with Gasteiger partial charge in [0, 0.05) is 6.54 Å². The van der Waals surface area contributed by atoms with Gasteiger partial charge in [0.25, 0.3) is 0 Å². The minimum absolute atomic E-state index is 0.0543. The smallest absolute Gasteiger partial charge is 0.416 e. The predicted molar refractivity (Wildman–Crippen MR) is 70.5 cm³/mol. The molecule has 2 N–H and O–H groups in total. The summed E-state index contributed by atoms with van der Waals surface area (Å²) in [7, 11) is 0. The van der Waals surface area contributed by atoms with Crippen molar-refractivity contribution in [1.82, 2.24) is 5.32 Å². The summed E-state index contributed by atoms with van der Waals surface area (Å²) < 4.78 is 42.5. The first-order valence-electron chi connectivity index (χ1n) is 6.51. The number of rotatable bonds is 6. The maximum Gasteiger partial charge on any atom is 0.416 e. The molecule has 0 amide bonds. The van der Waals surface area contributed by atoms with Crippen molar-refractivity contribution in [3.8, 4) is 0 Å². The number of esters is 1. The second kappa shape index (κ2) is 7.42. The van der Waals surface area contributed by atoms with E-state index in [-0.39, 0.29) is 18.7 Å². The summed E-state index contributed by atoms with van der Waals surface area (Å²) in [6.45, 7) is 3.40. The van der Waals surface area contributed by atoms with Gasteiger partial charge >= 0.3 is 12.1 Å². The number of halogens is 3. The third-order valence-electron chi connectivity index (χ3n) is 2.86. The first-order chi connectivity index (χ1) is 9.75. The Bertz CT molecular complexity index is 477. The zero-order chi connectivity index (χ0) is 16.0. The quantitative estimate of drug-likeness (QED) is 0.792. The molecule has 0 aliphatic heterocycles. The highest BCUT2D eigenvalue weighted by Crippen LogP contribution is 2.30. The highest BCUT2D eigenvalue weighted by Gasteiger charge is 2.30. The first-order valence-corrected chi connectivity index (χ1v) is 6.51. The number of aliphatic hydroxyl groups is 1. The molecule has 1 aromatic rings. The summed E-state index contributed by atoms with van der Waals surface area (Å²) >= 11 is 0. The van der Waals surface area contributed by atoms with Crippen LogP contribution >= 0.6 is 0 Å². The second-order valence-corrected chi connectivity index (χ2v) is 4.52. The molecule has 2 atom stereocenters. The minimum atomic E-state index is -4.46. The van der Waals surface area contributed by atoms with Crippen LogP contribution in [0.1, 0.15) is 31.1 Å². The van der Waals surface area contributed by atoms with Crippen LogP contribution in [0.3, 0.4) is 0 Å². The molecule has 0 saturated heterocycles. The molecule has 2 unspecified atom stereocenters. The van der Waals surface area contributed by atoms with E-state index in [1.54, 1.807) is 13.8 Å². The molecule has 4 nitrogen and oxygen atoms in total. The van der Waals surface area contributed by atoms with Gasteiger partial charge < -0.3 is 15.2 Å². The van der Waals surface area contributed by atoms with E-state index in [1.165, 1.54) is 12.1 Å². The van der Waals surface area contributed by atoms with Crippen molar-refractivity contribution in [2.75, 3.05) is 13.2 Å². The summed E-state index contributed by atoms with van der Waals surface area (Å²) in [5.41, 5.74) is -0.689. The van der Waals surface area contributed by atoms with E-state index in [9.17, 15) is 23.1 Å².